The van der Waals surface area contributed by atoms with Gasteiger partial charge in [0.15, 0.2) is 0 Å². The zero-order chi connectivity index (χ0) is 17.3. The molecule has 0 aromatic carbocycles. The van der Waals surface area contributed by atoms with Crippen molar-refractivity contribution in [3.63, 3.8) is 0 Å². The van der Waals surface area contributed by atoms with Crippen molar-refractivity contribution in [2.45, 2.75) is 103 Å². The van der Waals surface area contributed by atoms with Gasteiger partial charge in [-0.1, -0.05) is 77.4 Å². The number of carboxylic acid groups (broad SMARTS) is 1. The number of rotatable bonds is 16. The highest BCUT2D eigenvalue weighted by atomic mass is 32.1. The van der Waals surface area contributed by atoms with Crippen LogP contribution in [0, 0.1) is 5.92 Å². The maximum atomic E-state index is 11.0. The average molecular weight is 343 g/mol. The Hall–Kier alpha value is -0.440. The topological polar surface area (TPSA) is 37.3 Å². The van der Waals surface area contributed by atoms with Crippen LogP contribution in [0.3, 0.4) is 0 Å². The lowest BCUT2D eigenvalue weighted by Crippen LogP contribution is -2.21. The van der Waals surface area contributed by atoms with E-state index in [0.29, 0.717) is 0 Å². The Morgan fingerprint density at radius 1 is 0.913 bits per heavy atom. The van der Waals surface area contributed by atoms with Gasteiger partial charge < -0.3 is 5.11 Å². The van der Waals surface area contributed by atoms with E-state index in [2.05, 4.69) is 31.7 Å². The molecule has 0 aromatic rings. The fraction of sp³-hybridized carbons (Fsp3) is 0.850. The number of unbranched alkanes of at least 4 members (excludes halogenated alkanes) is 10. The lowest BCUT2D eigenvalue weighted by Gasteiger charge is -2.14. The van der Waals surface area contributed by atoms with Crippen molar-refractivity contribution >= 4 is 18.6 Å². The van der Waals surface area contributed by atoms with E-state index in [-0.39, 0.29) is 11.2 Å². The van der Waals surface area contributed by atoms with Crippen LogP contribution in [0.25, 0.3) is 0 Å². The van der Waals surface area contributed by atoms with Crippen LogP contribution in [0.15, 0.2) is 12.2 Å². The molecule has 0 heterocycles. The van der Waals surface area contributed by atoms with Gasteiger partial charge >= 0.3 is 5.97 Å². The lowest BCUT2D eigenvalue weighted by atomic mass is 9.98. The van der Waals surface area contributed by atoms with Gasteiger partial charge in [-0.05, 0) is 32.1 Å². The van der Waals surface area contributed by atoms with Crippen LogP contribution in [0.2, 0.25) is 0 Å². The third kappa shape index (κ3) is 14.9. The van der Waals surface area contributed by atoms with Crippen molar-refractivity contribution in [3.05, 3.63) is 12.2 Å². The maximum absolute atomic E-state index is 11.0. The fourth-order valence-corrected chi connectivity index (χ4v) is 3.11. The highest BCUT2D eigenvalue weighted by Gasteiger charge is 2.20. The molecule has 0 fully saturated rings. The molecule has 0 aliphatic heterocycles. The molecule has 1 N–H and O–H groups in total. The van der Waals surface area contributed by atoms with Gasteiger partial charge in [0.05, 0.1) is 5.92 Å². The summed E-state index contributed by atoms with van der Waals surface area (Å²) >= 11 is 4.27. The summed E-state index contributed by atoms with van der Waals surface area (Å²) < 4.78 is 0. The van der Waals surface area contributed by atoms with E-state index in [1.807, 2.05) is 6.92 Å². The summed E-state index contributed by atoms with van der Waals surface area (Å²) in [6.45, 7) is 4.13. The van der Waals surface area contributed by atoms with E-state index < -0.39 is 5.97 Å². The summed E-state index contributed by atoms with van der Waals surface area (Å²) in [6.07, 6.45) is 20.6. The molecule has 2 nitrogen and oxygen atoms in total. The highest BCUT2D eigenvalue weighted by molar-refractivity contribution is 7.81. The number of thiol groups is 1. The summed E-state index contributed by atoms with van der Waals surface area (Å²) in [7, 11) is 0. The van der Waals surface area contributed by atoms with E-state index in [4.69, 9.17) is 5.11 Å². The monoisotopic (exact) mass is 342 g/mol. The van der Waals surface area contributed by atoms with Gasteiger partial charge in [-0.3, -0.25) is 4.79 Å². The van der Waals surface area contributed by atoms with E-state index in [1.54, 1.807) is 0 Å². The highest BCUT2D eigenvalue weighted by Crippen LogP contribution is 2.19. The number of hydrogen-bond donors (Lipinski definition) is 2. The SMILES string of the molecule is CCCCCCCCC=CCCCCCCC(C(=O)O)C(C)S. The molecule has 0 saturated heterocycles. The van der Waals surface area contributed by atoms with Gasteiger partial charge in [0.2, 0.25) is 0 Å². The van der Waals surface area contributed by atoms with Crippen LogP contribution in [-0.2, 0) is 4.79 Å². The molecular weight excluding hydrogens is 304 g/mol. The first kappa shape index (κ1) is 22.6. The molecule has 3 heteroatoms. The fourth-order valence-electron chi connectivity index (χ4n) is 2.83. The number of carbonyl (C=O) groups is 1. The molecule has 0 aliphatic rings. The Bertz CT molecular complexity index is 300. The maximum Gasteiger partial charge on any atom is 0.307 e. The van der Waals surface area contributed by atoms with E-state index >= 15 is 0 Å². The van der Waals surface area contributed by atoms with Crippen molar-refractivity contribution in [2.75, 3.05) is 0 Å². The van der Waals surface area contributed by atoms with Crippen LogP contribution in [0.4, 0.5) is 0 Å². The molecule has 0 aromatic heterocycles. The zero-order valence-electron chi connectivity index (χ0n) is 15.3. The standard InChI is InChI=1S/C20H38O2S/c1-3-4-5-6-7-8-9-10-11-12-13-14-15-16-17-19(18(2)23)20(21)22/h10-11,18-19,23H,3-9,12-17H2,1-2H3,(H,21,22). The zero-order valence-corrected chi connectivity index (χ0v) is 16.2. The second-order valence-electron chi connectivity index (χ2n) is 6.70. The third-order valence-corrected chi connectivity index (χ3v) is 4.79. The van der Waals surface area contributed by atoms with Crippen LogP contribution >= 0.6 is 12.6 Å². The molecule has 23 heavy (non-hydrogen) atoms. The minimum Gasteiger partial charge on any atom is -0.481 e. The van der Waals surface area contributed by atoms with Crippen LogP contribution < -0.4 is 0 Å². The largest absolute Gasteiger partial charge is 0.481 e. The predicted molar refractivity (Wildman–Crippen MR) is 104 cm³/mol. The molecule has 2 unspecified atom stereocenters. The number of carboxylic acids is 1. The van der Waals surface area contributed by atoms with Gasteiger partial charge in [0.1, 0.15) is 0 Å². The molecule has 0 aliphatic carbocycles. The molecule has 0 amide bonds. The molecule has 136 valence electrons. The third-order valence-electron chi connectivity index (χ3n) is 4.43. The Morgan fingerprint density at radius 3 is 1.87 bits per heavy atom. The second-order valence-corrected chi connectivity index (χ2v) is 7.52. The first-order valence-electron chi connectivity index (χ1n) is 9.65. The van der Waals surface area contributed by atoms with Crippen molar-refractivity contribution in [1.29, 1.82) is 0 Å². The molecular formula is C20H38O2S. The Balaban J connectivity index is 3.35. The van der Waals surface area contributed by atoms with Gasteiger partial charge in [0, 0.05) is 5.25 Å². The Labute approximate surface area is 149 Å². The molecule has 0 bridgehead atoms. The minimum absolute atomic E-state index is 0.0580. The molecule has 0 saturated carbocycles. The molecule has 2 atom stereocenters. The van der Waals surface area contributed by atoms with Gasteiger partial charge in [-0.2, -0.15) is 12.6 Å². The van der Waals surface area contributed by atoms with E-state index in [0.717, 1.165) is 19.3 Å². The molecule has 0 spiro atoms. The first-order chi connectivity index (χ1) is 11.1. The van der Waals surface area contributed by atoms with Crippen LogP contribution in [0.1, 0.15) is 97.3 Å². The number of aliphatic carboxylic acids is 1. The van der Waals surface area contributed by atoms with Crippen LogP contribution in [-0.4, -0.2) is 16.3 Å². The van der Waals surface area contributed by atoms with Crippen LogP contribution in [0.5, 0.6) is 0 Å². The van der Waals surface area contributed by atoms with Crippen molar-refractivity contribution in [1.82, 2.24) is 0 Å². The van der Waals surface area contributed by atoms with Gasteiger partial charge in [0.25, 0.3) is 0 Å². The number of hydrogen-bond acceptors (Lipinski definition) is 2. The summed E-state index contributed by atoms with van der Waals surface area (Å²) in [5, 5.41) is 9.03. The normalized spacial score (nSPS) is 14.2. The van der Waals surface area contributed by atoms with E-state index in [9.17, 15) is 4.79 Å². The Morgan fingerprint density at radius 2 is 1.39 bits per heavy atom. The summed E-state index contributed by atoms with van der Waals surface area (Å²) in [5.41, 5.74) is 0. The van der Waals surface area contributed by atoms with Crippen molar-refractivity contribution < 1.29 is 9.90 Å². The molecule has 0 rings (SSSR count). The van der Waals surface area contributed by atoms with Crippen molar-refractivity contribution in [2.24, 2.45) is 5.92 Å². The first-order valence-corrected chi connectivity index (χ1v) is 10.2. The van der Waals surface area contributed by atoms with Gasteiger partial charge in [-0.25, -0.2) is 0 Å². The quantitative estimate of drug-likeness (QED) is 0.187. The van der Waals surface area contributed by atoms with E-state index in [1.165, 1.54) is 64.2 Å². The van der Waals surface area contributed by atoms with Crippen molar-refractivity contribution in [3.8, 4) is 0 Å². The average Bonchev–Trinajstić information content (AvgIpc) is 2.50. The second kappa shape index (κ2) is 16.4. The smallest absolute Gasteiger partial charge is 0.307 e. The lowest BCUT2D eigenvalue weighted by molar-refractivity contribution is -0.141. The summed E-state index contributed by atoms with van der Waals surface area (Å²) in [4.78, 5) is 11.0. The summed E-state index contributed by atoms with van der Waals surface area (Å²) in [5.74, 6) is -0.999. The number of allylic oxidation sites excluding steroid dienone is 2. The van der Waals surface area contributed by atoms with Gasteiger partial charge in [-0.15, -0.1) is 0 Å². The predicted octanol–water partition coefficient (Wildman–Crippen LogP) is 6.65. The molecule has 0 radical (unpaired) electrons. The minimum atomic E-state index is -0.704. The Kier molecular flexibility index (Phi) is 16.1. The summed E-state index contributed by atoms with van der Waals surface area (Å²) in [6, 6.07) is 0.